The Morgan fingerprint density at radius 3 is 1.62 bits per heavy atom. The topological polar surface area (TPSA) is 115 Å². The molecule has 2 aromatic rings. The second-order valence-electron chi connectivity index (χ2n) is 6.91. The Hall–Kier alpha value is -3.79. The van der Waals surface area contributed by atoms with Crippen LogP contribution >= 0.6 is 0 Å². The highest BCUT2D eigenvalue weighted by molar-refractivity contribution is 6.14. The number of nitrogens with zero attached hydrogens (tertiary/aromatic N) is 6. The van der Waals surface area contributed by atoms with Gasteiger partial charge in [-0.25, -0.2) is 0 Å². The molecule has 0 unspecified atom stereocenters. The number of hydrogen-bond donors (Lipinski definition) is 0. The van der Waals surface area contributed by atoms with E-state index in [9.17, 15) is 4.79 Å². The molecule has 0 amide bonds. The number of ketones is 1. The van der Waals surface area contributed by atoms with Crippen molar-refractivity contribution in [3.05, 3.63) is 91.7 Å². The van der Waals surface area contributed by atoms with Crippen LogP contribution in [-0.4, -0.2) is 5.78 Å². The van der Waals surface area contributed by atoms with Crippen LogP contribution in [0.4, 0.5) is 11.4 Å². The average molecular weight is 384 g/mol. The van der Waals surface area contributed by atoms with E-state index in [1.807, 2.05) is 36.4 Å². The van der Waals surface area contributed by atoms with Gasteiger partial charge in [-0.3, -0.25) is 4.79 Å². The molecule has 0 radical (unpaired) electrons. The lowest BCUT2D eigenvalue weighted by atomic mass is 9.78. The van der Waals surface area contributed by atoms with Crippen LogP contribution in [0.3, 0.4) is 0 Å². The van der Waals surface area contributed by atoms with Gasteiger partial charge in [0.05, 0.1) is 0 Å². The molecule has 1 fully saturated rings. The molecule has 0 spiro atoms. The molecule has 0 heterocycles. The number of hydrogen-bond acceptors (Lipinski definition) is 3. The van der Waals surface area contributed by atoms with Crippen molar-refractivity contribution < 1.29 is 4.79 Å². The van der Waals surface area contributed by atoms with Gasteiger partial charge in [-0.05, 0) is 53.1 Å². The fourth-order valence-corrected chi connectivity index (χ4v) is 3.40. The van der Waals surface area contributed by atoms with Crippen LogP contribution < -0.4 is 0 Å². The van der Waals surface area contributed by atoms with E-state index in [2.05, 4.69) is 27.0 Å². The van der Waals surface area contributed by atoms with E-state index < -0.39 is 0 Å². The van der Waals surface area contributed by atoms with E-state index in [-0.39, 0.29) is 5.78 Å². The van der Waals surface area contributed by atoms with Crippen LogP contribution in [0.15, 0.2) is 69.9 Å². The molecular weight excluding hydrogens is 364 g/mol. The molecule has 0 atom stereocenters. The first-order valence-electron chi connectivity index (χ1n) is 9.39. The van der Waals surface area contributed by atoms with Gasteiger partial charge < -0.3 is 0 Å². The summed E-state index contributed by atoms with van der Waals surface area (Å²) in [5.74, 6) is 0.475. The molecule has 0 N–H and O–H groups in total. The maximum Gasteiger partial charge on any atom is 0.185 e. The van der Waals surface area contributed by atoms with Crippen molar-refractivity contribution in [1.29, 1.82) is 0 Å². The van der Waals surface area contributed by atoms with Crippen LogP contribution in [0, 0.1) is 5.92 Å². The number of allylic oxidation sites excluding steroid dienone is 2. The second-order valence-corrected chi connectivity index (χ2v) is 6.91. The summed E-state index contributed by atoms with van der Waals surface area (Å²) in [5, 5.41) is 7.14. The molecular formula is C22H20N6O. The van der Waals surface area contributed by atoms with Crippen molar-refractivity contribution in [2.75, 3.05) is 0 Å². The minimum atomic E-state index is 0.0629. The van der Waals surface area contributed by atoms with Gasteiger partial charge in [0.15, 0.2) is 5.78 Å². The minimum absolute atomic E-state index is 0.0629. The van der Waals surface area contributed by atoms with Gasteiger partial charge in [-0.15, -0.1) is 0 Å². The smallest absolute Gasteiger partial charge is 0.185 e. The first-order chi connectivity index (χ1) is 14.1. The van der Waals surface area contributed by atoms with Crippen LogP contribution in [0.2, 0.25) is 0 Å². The maximum absolute atomic E-state index is 13.1. The van der Waals surface area contributed by atoms with Crippen LogP contribution in [0.25, 0.3) is 33.0 Å². The molecule has 144 valence electrons. The second kappa shape index (κ2) is 9.42. The molecule has 2 aromatic carbocycles. The molecule has 3 rings (SSSR count). The Labute approximate surface area is 168 Å². The average Bonchev–Trinajstić information content (AvgIpc) is 2.74. The Morgan fingerprint density at radius 1 is 0.862 bits per heavy atom. The Morgan fingerprint density at radius 2 is 1.28 bits per heavy atom. The number of azide groups is 2. The molecule has 29 heavy (non-hydrogen) atoms. The van der Waals surface area contributed by atoms with Gasteiger partial charge in [0.2, 0.25) is 0 Å². The minimum Gasteiger partial charge on any atom is -0.289 e. The quantitative estimate of drug-likeness (QED) is 0.227. The number of rotatable bonds is 5. The highest BCUT2D eigenvalue weighted by Gasteiger charge is 2.26. The lowest BCUT2D eigenvalue weighted by Crippen LogP contribution is -2.19. The van der Waals surface area contributed by atoms with E-state index in [0.29, 0.717) is 17.3 Å². The van der Waals surface area contributed by atoms with Crippen molar-refractivity contribution in [1.82, 2.24) is 0 Å². The van der Waals surface area contributed by atoms with Crippen molar-refractivity contribution in [2.24, 2.45) is 16.1 Å². The van der Waals surface area contributed by atoms with E-state index in [4.69, 9.17) is 11.1 Å². The number of Topliss-reactive ketones (excluding diaryl/α,β-unsaturated/α-hetero) is 1. The van der Waals surface area contributed by atoms with Crippen molar-refractivity contribution in [3.8, 4) is 0 Å². The normalized spacial score (nSPS) is 18.9. The van der Waals surface area contributed by atoms with Crippen molar-refractivity contribution in [2.45, 2.75) is 26.2 Å². The summed E-state index contributed by atoms with van der Waals surface area (Å²) < 4.78 is 0. The summed E-state index contributed by atoms with van der Waals surface area (Å²) in [5.41, 5.74) is 21.5. The highest BCUT2D eigenvalue weighted by Crippen LogP contribution is 2.34. The molecule has 1 aliphatic carbocycles. The van der Waals surface area contributed by atoms with Gasteiger partial charge in [0.25, 0.3) is 0 Å². The zero-order valence-corrected chi connectivity index (χ0v) is 16.1. The Kier molecular flexibility index (Phi) is 6.48. The summed E-state index contributed by atoms with van der Waals surface area (Å²) in [6.45, 7) is 2.14. The molecule has 1 aliphatic rings. The Balaban J connectivity index is 1.89. The van der Waals surface area contributed by atoms with Gasteiger partial charge in [-0.1, -0.05) is 72.1 Å². The number of carbonyl (C=O) groups excluding carboxylic acids is 1. The molecule has 0 bridgehead atoms. The molecule has 1 saturated carbocycles. The molecule has 0 saturated heterocycles. The first-order valence-corrected chi connectivity index (χ1v) is 9.39. The van der Waals surface area contributed by atoms with E-state index in [0.717, 1.165) is 41.5 Å². The lowest BCUT2D eigenvalue weighted by molar-refractivity contribution is -0.113. The Bertz CT molecular complexity index is 970. The number of benzene rings is 2. The summed E-state index contributed by atoms with van der Waals surface area (Å²) in [4.78, 5) is 18.6. The van der Waals surface area contributed by atoms with Gasteiger partial charge in [0, 0.05) is 32.3 Å². The first kappa shape index (κ1) is 20.0. The zero-order chi connectivity index (χ0) is 20.6. The maximum atomic E-state index is 13.1. The summed E-state index contributed by atoms with van der Waals surface area (Å²) in [6.07, 6.45) is 6.33. The highest BCUT2D eigenvalue weighted by atomic mass is 16.1. The van der Waals surface area contributed by atoms with Gasteiger partial charge >= 0.3 is 0 Å². The predicted octanol–water partition coefficient (Wildman–Crippen LogP) is 7.43. The van der Waals surface area contributed by atoms with Crippen molar-refractivity contribution >= 4 is 29.3 Å². The summed E-state index contributed by atoms with van der Waals surface area (Å²) in [7, 11) is 0. The zero-order valence-electron chi connectivity index (χ0n) is 16.1. The van der Waals surface area contributed by atoms with Gasteiger partial charge in [-0.2, -0.15) is 0 Å². The standard InChI is InChI=1S/C22H20N6O/c1-2-15-11-18(13-16-3-7-20(8-4-16)25-27-23)22(29)19(12-15)14-17-5-9-21(10-6-17)26-28-24/h3-10,13-15H,2,11-12H2,1H3/b18-13+,19-14+. The van der Waals surface area contributed by atoms with E-state index in [1.165, 1.54) is 0 Å². The fraction of sp³-hybridized carbons (Fsp3) is 0.227. The SMILES string of the molecule is CCC1C/C(=C\c2ccc(N=[N+]=[N-])cc2)C(=O)/C(=C/c2ccc(N=[N+]=[N-])cc2)C1. The van der Waals surface area contributed by atoms with E-state index in [1.54, 1.807) is 24.3 Å². The van der Waals surface area contributed by atoms with Gasteiger partial charge in [0.1, 0.15) is 0 Å². The van der Waals surface area contributed by atoms with Crippen molar-refractivity contribution in [3.63, 3.8) is 0 Å². The third-order valence-corrected chi connectivity index (χ3v) is 4.97. The molecule has 0 aromatic heterocycles. The van der Waals surface area contributed by atoms with Crippen LogP contribution in [0.5, 0.6) is 0 Å². The van der Waals surface area contributed by atoms with Crippen LogP contribution in [-0.2, 0) is 4.79 Å². The third kappa shape index (κ3) is 5.14. The summed E-state index contributed by atoms with van der Waals surface area (Å²) >= 11 is 0. The summed E-state index contributed by atoms with van der Waals surface area (Å²) in [6, 6.07) is 14.3. The third-order valence-electron chi connectivity index (χ3n) is 4.97. The van der Waals surface area contributed by atoms with E-state index >= 15 is 0 Å². The monoisotopic (exact) mass is 384 g/mol. The molecule has 0 aliphatic heterocycles. The molecule has 7 nitrogen and oxygen atoms in total. The lowest BCUT2D eigenvalue weighted by Gasteiger charge is -2.25. The number of carbonyl (C=O) groups is 1. The largest absolute Gasteiger partial charge is 0.289 e. The molecule has 7 heteroatoms. The fourth-order valence-electron chi connectivity index (χ4n) is 3.40. The predicted molar refractivity (Wildman–Crippen MR) is 114 cm³/mol. The van der Waals surface area contributed by atoms with Crippen LogP contribution in [0.1, 0.15) is 37.3 Å².